The molecular formula is C2H4N3O-. The van der Waals surface area contributed by atoms with E-state index >= 15 is 0 Å². The van der Waals surface area contributed by atoms with Crippen LogP contribution in [0.3, 0.4) is 0 Å². The number of hydroxylamine groups is 1. The molecule has 0 saturated carbocycles. The van der Waals surface area contributed by atoms with Crippen molar-refractivity contribution in [1.82, 2.24) is 16.1 Å². The van der Waals surface area contributed by atoms with Gasteiger partial charge in [0.2, 0.25) is 0 Å². The second-order valence-electron chi connectivity index (χ2n) is 0.898. The van der Waals surface area contributed by atoms with Crippen molar-refractivity contribution in [1.29, 1.82) is 0 Å². The van der Waals surface area contributed by atoms with E-state index in [1.807, 2.05) is 0 Å². The molecule has 0 aromatic rings. The lowest BCUT2D eigenvalue weighted by molar-refractivity contribution is 0.368. The minimum atomic E-state index is 0.569. The van der Waals surface area contributed by atoms with Crippen LogP contribution in [0.25, 0.3) is 0 Å². The van der Waals surface area contributed by atoms with Crippen LogP contribution in [0.2, 0.25) is 0 Å². The molecule has 0 amide bonds. The molecule has 0 saturated heterocycles. The quantitative estimate of drug-likeness (QED) is 0.408. The van der Waals surface area contributed by atoms with Crippen LogP contribution < -0.4 is 11.0 Å². The summed E-state index contributed by atoms with van der Waals surface area (Å²) in [5, 5.41) is 10.5. The van der Waals surface area contributed by atoms with E-state index in [0.717, 1.165) is 0 Å². The maximum atomic E-state index is 9.90. The van der Waals surface area contributed by atoms with Gasteiger partial charge in [0.25, 0.3) is 0 Å². The van der Waals surface area contributed by atoms with Crippen LogP contribution in [0, 0.1) is 5.21 Å². The Balaban J connectivity index is 2.38. The Morgan fingerprint density at radius 2 is 2.50 bits per heavy atom. The van der Waals surface area contributed by atoms with Gasteiger partial charge in [-0.3, -0.25) is 0 Å². The zero-order chi connectivity index (χ0) is 4.41. The lowest BCUT2D eigenvalue weighted by Gasteiger charge is -2.18. The number of hydrazine groups is 2. The first-order chi connectivity index (χ1) is 2.89. The maximum Gasteiger partial charge on any atom is 0.0308 e. The van der Waals surface area contributed by atoms with Gasteiger partial charge >= 0.3 is 0 Å². The summed E-state index contributed by atoms with van der Waals surface area (Å²) in [4.78, 5) is 0. The molecule has 1 aliphatic rings. The number of nitrogens with zero attached hydrogens (tertiary/aromatic N) is 1. The van der Waals surface area contributed by atoms with Gasteiger partial charge in [-0.05, 0) is 0 Å². The molecule has 4 nitrogen and oxygen atoms in total. The van der Waals surface area contributed by atoms with E-state index in [1.54, 1.807) is 0 Å². The van der Waals surface area contributed by atoms with Crippen molar-refractivity contribution in [2.24, 2.45) is 0 Å². The summed E-state index contributed by atoms with van der Waals surface area (Å²) >= 11 is 0. The molecule has 1 aliphatic heterocycles. The molecule has 1 rings (SSSR count). The Hall–Kier alpha value is -0.740. The largest absolute Gasteiger partial charge is 0.742 e. The van der Waals surface area contributed by atoms with Gasteiger partial charge in [0, 0.05) is 12.4 Å². The second kappa shape index (κ2) is 1.16. The fraction of sp³-hybridized carbons (Fsp3) is 0. The van der Waals surface area contributed by atoms with E-state index in [4.69, 9.17) is 0 Å². The van der Waals surface area contributed by atoms with Gasteiger partial charge in [0.15, 0.2) is 0 Å². The third kappa shape index (κ3) is 0.425. The molecule has 0 unspecified atom stereocenters. The lowest BCUT2D eigenvalue weighted by Crippen LogP contribution is -2.30. The van der Waals surface area contributed by atoms with Crippen LogP contribution in [0.5, 0.6) is 0 Å². The van der Waals surface area contributed by atoms with Gasteiger partial charge in [0.05, 0.1) is 0 Å². The van der Waals surface area contributed by atoms with Crippen molar-refractivity contribution in [3.05, 3.63) is 17.6 Å². The summed E-state index contributed by atoms with van der Waals surface area (Å²) in [7, 11) is 0. The van der Waals surface area contributed by atoms with Gasteiger partial charge < -0.3 is 15.8 Å². The standard InChI is InChI=1S/C2H4N3O/c6-5-2-1-3-4-5/h1-4H/q-1. The SMILES string of the molecule is [O-]N1C=CNN1. The monoisotopic (exact) mass is 86.0 g/mol. The highest BCUT2D eigenvalue weighted by atomic mass is 16.5. The van der Waals surface area contributed by atoms with Crippen molar-refractivity contribution < 1.29 is 0 Å². The molecule has 0 aliphatic carbocycles. The Morgan fingerprint density at radius 1 is 1.67 bits per heavy atom. The normalized spacial score (nSPS) is 18.5. The molecule has 0 fully saturated rings. The molecule has 0 bridgehead atoms. The minimum absolute atomic E-state index is 0.569. The van der Waals surface area contributed by atoms with E-state index in [1.165, 1.54) is 12.4 Å². The Bertz CT molecular complexity index is 71.2. The summed E-state index contributed by atoms with van der Waals surface area (Å²) < 4.78 is 0. The van der Waals surface area contributed by atoms with Crippen LogP contribution in [0.1, 0.15) is 0 Å². The van der Waals surface area contributed by atoms with E-state index < -0.39 is 0 Å². The first-order valence-electron chi connectivity index (χ1n) is 1.54. The van der Waals surface area contributed by atoms with Gasteiger partial charge in [-0.25, -0.2) is 0 Å². The molecule has 34 valence electrons. The highest BCUT2D eigenvalue weighted by molar-refractivity contribution is 4.82. The van der Waals surface area contributed by atoms with E-state index in [2.05, 4.69) is 11.0 Å². The predicted octanol–water partition coefficient (Wildman–Crippen LogP) is -0.720. The predicted molar refractivity (Wildman–Crippen MR) is 20.6 cm³/mol. The number of rotatable bonds is 0. The fourth-order valence-electron chi connectivity index (χ4n) is 0.243. The van der Waals surface area contributed by atoms with Crippen molar-refractivity contribution in [2.75, 3.05) is 0 Å². The van der Waals surface area contributed by atoms with Crippen LogP contribution in [0.4, 0.5) is 0 Å². The first kappa shape index (κ1) is 3.45. The summed E-state index contributed by atoms with van der Waals surface area (Å²) in [5.41, 5.74) is 4.69. The highest BCUT2D eigenvalue weighted by Crippen LogP contribution is 1.79. The van der Waals surface area contributed by atoms with Crippen LogP contribution >= 0.6 is 0 Å². The molecule has 0 atom stereocenters. The second-order valence-corrected chi connectivity index (χ2v) is 0.898. The van der Waals surface area contributed by atoms with Crippen LogP contribution in [0.15, 0.2) is 12.4 Å². The van der Waals surface area contributed by atoms with Crippen molar-refractivity contribution in [3.63, 3.8) is 0 Å². The van der Waals surface area contributed by atoms with E-state index in [0.29, 0.717) is 5.17 Å². The zero-order valence-corrected chi connectivity index (χ0v) is 3.01. The van der Waals surface area contributed by atoms with Crippen LogP contribution in [-0.2, 0) is 0 Å². The molecule has 4 heteroatoms. The molecule has 1 heterocycles. The minimum Gasteiger partial charge on any atom is -0.742 e. The van der Waals surface area contributed by atoms with Crippen molar-refractivity contribution >= 4 is 0 Å². The molecule has 6 heavy (non-hydrogen) atoms. The van der Waals surface area contributed by atoms with Crippen LogP contribution in [-0.4, -0.2) is 5.17 Å². The Labute approximate surface area is 35.0 Å². The topological polar surface area (TPSA) is 50.4 Å². The average Bonchev–Trinajstić information content (AvgIpc) is 1.86. The number of hydrogen-bond acceptors (Lipinski definition) is 4. The third-order valence-corrected chi connectivity index (χ3v) is 0.468. The molecule has 0 aromatic heterocycles. The highest BCUT2D eigenvalue weighted by Gasteiger charge is 1.82. The maximum absolute atomic E-state index is 9.90. The Kier molecular flexibility index (Phi) is 0.664. The number of nitrogens with one attached hydrogen (secondary N) is 2. The van der Waals surface area contributed by atoms with E-state index in [9.17, 15) is 5.21 Å². The molecular weight excluding hydrogens is 82.0 g/mol. The Morgan fingerprint density at radius 3 is 2.67 bits per heavy atom. The van der Waals surface area contributed by atoms with Gasteiger partial charge in [-0.2, -0.15) is 5.53 Å². The summed E-state index contributed by atoms with van der Waals surface area (Å²) in [5.74, 6) is 0. The smallest absolute Gasteiger partial charge is 0.0308 e. The molecule has 0 aromatic carbocycles. The summed E-state index contributed by atoms with van der Waals surface area (Å²) in [6.07, 6.45) is 2.84. The fourth-order valence-corrected chi connectivity index (χ4v) is 0.243. The lowest BCUT2D eigenvalue weighted by atomic mass is 11.0. The average molecular weight is 86.1 g/mol. The van der Waals surface area contributed by atoms with Gasteiger partial charge in [-0.15, -0.1) is 0 Å². The first-order valence-corrected chi connectivity index (χ1v) is 1.54. The summed E-state index contributed by atoms with van der Waals surface area (Å²) in [6, 6.07) is 0. The molecule has 0 spiro atoms. The third-order valence-electron chi connectivity index (χ3n) is 0.468. The number of hydrogen-bond donors (Lipinski definition) is 2. The zero-order valence-electron chi connectivity index (χ0n) is 3.01. The summed E-state index contributed by atoms with van der Waals surface area (Å²) in [6.45, 7) is 0. The molecule has 2 N–H and O–H groups in total. The van der Waals surface area contributed by atoms with Gasteiger partial charge in [0.1, 0.15) is 0 Å². The van der Waals surface area contributed by atoms with Crippen molar-refractivity contribution in [3.8, 4) is 0 Å². The van der Waals surface area contributed by atoms with E-state index in [-0.39, 0.29) is 0 Å². The van der Waals surface area contributed by atoms with Gasteiger partial charge in [-0.1, -0.05) is 0 Å². The van der Waals surface area contributed by atoms with Crippen molar-refractivity contribution in [2.45, 2.75) is 0 Å². The molecule has 0 radical (unpaired) electrons.